The van der Waals surface area contributed by atoms with Gasteiger partial charge in [-0.1, -0.05) is 40.2 Å². The number of fused-ring (bicyclic) bond motifs is 2. The molecule has 0 fully saturated rings. The molecule has 0 bridgehead atoms. The lowest BCUT2D eigenvalue weighted by molar-refractivity contribution is 0.0528. The molecule has 1 N–H and O–H groups in total. The Morgan fingerprint density at radius 2 is 2.08 bits per heavy atom. The Hall–Kier alpha value is -2.73. The highest BCUT2D eigenvalue weighted by Crippen LogP contribution is 2.42. The van der Waals surface area contributed by atoms with E-state index in [1.165, 1.54) is 0 Å². The number of carbonyl (C=O) groups is 1. The molecule has 5 nitrogen and oxygen atoms in total. The van der Waals surface area contributed by atoms with Gasteiger partial charge in [0, 0.05) is 32.9 Å². The third kappa shape index (κ3) is 2.57. The summed E-state index contributed by atoms with van der Waals surface area (Å²) in [5.41, 5.74) is 4.74. The normalized spacial score (nSPS) is 13.2. The molecule has 6 heteroatoms. The molecule has 4 rings (SSSR count). The third-order valence-electron chi connectivity index (χ3n) is 4.56. The minimum absolute atomic E-state index is 0.281. The summed E-state index contributed by atoms with van der Waals surface area (Å²) in [6.45, 7) is 2.05. The van der Waals surface area contributed by atoms with Gasteiger partial charge in [0.15, 0.2) is 0 Å². The highest BCUT2D eigenvalue weighted by Gasteiger charge is 2.30. The van der Waals surface area contributed by atoms with Crippen LogP contribution in [0.4, 0.5) is 0 Å². The van der Waals surface area contributed by atoms with Crippen LogP contribution < -0.4 is 0 Å². The molecule has 0 atom stereocenters. The first-order valence-corrected chi connectivity index (χ1v) is 9.06. The Labute approximate surface area is 158 Å². The summed E-state index contributed by atoms with van der Waals surface area (Å²) >= 11 is 3.44. The molecule has 0 saturated carbocycles. The van der Waals surface area contributed by atoms with Crippen molar-refractivity contribution in [2.24, 2.45) is 5.18 Å². The SMILES string of the molecule is CCOC(=O)c1c(C2=C(N=O)c3cc(Br)ccc3C2)[nH]c2ccccc12. The van der Waals surface area contributed by atoms with Crippen LogP contribution in [0.2, 0.25) is 0 Å². The zero-order valence-electron chi connectivity index (χ0n) is 14.0. The lowest BCUT2D eigenvalue weighted by Gasteiger charge is -2.06. The van der Waals surface area contributed by atoms with Gasteiger partial charge in [-0.2, -0.15) is 0 Å². The number of hydrogen-bond acceptors (Lipinski definition) is 4. The number of nitrogens with one attached hydrogen (secondary N) is 1. The van der Waals surface area contributed by atoms with Crippen molar-refractivity contribution in [2.45, 2.75) is 13.3 Å². The van der Waals surface area contributed by atoms with Gasteiger partial charge in [-0.25, -0.2) is 4.79 Å². The van der Waals surface area contributed by atoms with Gasteiger partial charge in [-0.15, -0.1) is 4.91 Å². The highest BCUT2D eigenvalue weighted by molar-refractivity contribution is 9.10. The van der Waals surface area contributed by atoms with E-state index in [-0.39, 0.29) is 6.61 Å². The number of hydrogen-bond donors (Lipinski definition) is 1. The van der Waals surface area contributed by atoms with Crippen molar-refractivity contribution in [3.8, 4) is 0 Å². The number of para-hydroxylation sites is 1. The molecular weight excluding hydrogens is 396 g/mol. The van der Waals surface area contributed by atoms with Gasteiger partial charge < -0.3 is 9.72 Å². The average molecular weight is 411 g/mol. The molecule has 1 heterocycles. The van der Waals surface area contributed by atoms with Gasteiger partial charge in [0.1, 0.15) is 5.70 Å². The number of carbonyl (C=O) groups excluding carboxylic acids is 1. The summed E-state index contributed by atoms with van der Waals surface area (Å²) in [5.74, 6) is -0.408. The fourth-order valence-electron chi connectivity index (χ4n) is 3.45. The minimum atomic E-state index is -0.408. The van der Waals surface area contributed by atoms with Crippen LogP contribution in [0.5, 0.6) is 0 Å². The zero-order chi connectivity index (χ0) is 18.3. The Morgan fingerprint density at radius 3 is 2.85 bits per heavy atom. The van der Waals surface area contributed by atoms with E-state index in [2.05, 4.69) is 26.1 Å². The van der Waals surface area contributed by atoms with Crippen LogP contribution in [0.25, 0.3) is 22.2 Å². The van der Waals surface area contributed by atoms with E-state index >= 15 is 0 Å². The Kier molecular flexibility index (Phi) is 4.20. The molecule has 1 aliphatic carbocycles. The number of allylic oxidation sites excluding steroid dienone is 1. The minimum Gasteiger partial charge on any atom is -0.462 e. The van der Waals surface area contributed by atoms with Gasteiger partial charge in [-0.3, -0.25) is 0 Å². The summed E-state index contributed by atoms with van der Waals surface area (Å²) in [4.78, 5) is 27.6. The van der Waals surface area contributed by atoms with E-state index in [9.17, 15) is 9.70 Å². The molecule has 130 valence electrons. The quantitative estimate of drug-likeness (QED) is 0.468. The van der Waals surface area contributed by atoms with Crippen molar-refractivity contribution in [3.05, 3.63) is 74.2 Å². The predicted molar refractivity (Wildman–Crippen MR) is 105 cm³/mol. The zero-order valence-corrected chi connectivity index (χ0v) is 15.6. The number of aromatic amines is 1. The number of rotatable bonds is 4. The van der Waals surface area contributed by atoms with Crippen LogP contribution in [-0.2, 0) is 11.2 Å². The molecular formula is C20H15BrN2O3. The lowest BCUT2D eigenvalue weighted by atomic mass is 10.0. The van der Waals surface area contributed by atoms with E-state index < -0.39 is 5.97 Å². The fourth-order valence-corrected chi connectivity index (χ4v) is 3.82. The van der Waals surface area contributed by atoms with Gasteiger partial charge in [-0.05, 0) is 35.9 Å². The van der Waals surface area contributed by atoms with E-state index in [1.807, 2.05) is 42.5 Å². The van der Waals surface area contributed by atoms with Crippen molar-refractivity contribution in [1.29, 1.82) is 0 Å². The predicted octanol–water partition coefficient (Wildman–Crippen LogP) is 5.30. The average Bonchev–Trinajstić information content (AvgIpc) is 3.19. The number of esters is 1. The number of halogens is 1. The maximum absolute atomic E-state index is 12.6. The summed E-state index contributed by atoms with van der Waals surface area (Å²) in [6, 6.07) is 13.3. The second kappa shape index (κ2) is 6.53. The molecule has 3 aromatic rings. The van der Waals surface area contributed by atoms with Gasteiger partial charge in [0.05, 0.1) is 17.9 Å². The highest BCUT2D eigenvalue weighted by atomic mass is 79.9. The molecule has 0 unspecified atom stereocenters. The third-order valence-corrected chi connectivity index (χ3v) is 5.05. The molecule has 0 saturated heterocycles. The first-order valence-electron chi connectivity index (χ1n) is 8.27. The van der Waals surface area contributed by atoms with Gasteiger partial charge in [0.25, 0.3) is 0 Å². The second-order valence-electron chi connectivity index (χ2n) is 6.04. The molecule has 2 aromatic carbocycles. The van der Waals surface area contributed by atoms with Gasteiger partial charge in [0.2, 0.25) is 0 Å². The van der Waals surface area contributed by atoms with Crippen molar-refractivity contribution >= 4 is 44.1 Å². The van der Waals surface area contributed by atoms with Crippen molar-refractivity contribution in [1.82, 2.24) is 4.98 Å². The first-order chi connectivity index (χ1) is 12.6. The lowest BCUT2D eigenvalue weighted by Crippen LogP contribution is -2.07. The number of benzene rings is 2. The van der Waals surface area contributed by atoms with Crippen molar-refractivity contribution < 1.29 is 9.53 Å². The molecule has 26 heavy (non-hydrogen) atoms. The van der Waals surface area contributed by atoms with E-state index in [0.29, 0.717) is 28.9 Å². The van der Waals surface area contributed by atoms with E-state index in [4.69, 9.17) is 4.74 Å². The van der Waals surface area contributed by atoms with Crippen LogP contribution in [0.3, 0.4) is 0 Å². The van der Waals surface area contributed by atoms with Gasteiger partial charge >= 0.3 is 5.97 Å². The Bertz CT molecular complexity index is 1080. The smallest absolute Gasteiger partial charge is 0.340 e. The van der Waals surface area contributed by atoms with Crippen molar-refractivity contribution in [2.75, 3.05) is 6.61 Å². The van der Waals surface area contributed by atoms with E-state index in [1.54, 1.807) is 6.92 Å². The topological polar surface area (TPSA) is 71.5 Å². The number of ether oxygens (including phenoxy) is 1. The molecule has 0 aliphatic heterocycles. The summed E-state index contributed by atoms with van der Waals surface area (Å²) in [7, 11) is 0. The van der Waals surface area contributed by atoms with Crippen LogP contribution in [0.15, 0.2) is 52.1 Å². The maximum atomic E-state index is 12.6. The second-order valence-corrected chi connectivity index (χ2v) is 6.95. The standard InChI is InChI=1S/C20H15BrN2O3/c1-2-26-20(24)17-13-5-3-4-6-16(13)22-19(17)15-9-11-7-8-12(21)10-14(11)18(15)23-25/h3-8,10,22H,2,9H2,1H3. The molecule has 0 radical (unpaired) electrons. The van der Waals surface area contributed by atoms with Crippen LogP contribution >= 0.6 is 15.9 Å². The van der Waals surface area contributed by atoms with Crippen LogP contribution in [0, 0.1) is 4.91 Å². The van der Waals surface area contributed by atoms with Crippen LogP contribution in [0.1, 0.15) is 34.1 Å². The molecule has 0 spiro atoms. The fraction of sp³-hybridized carbons (Fsp3) is 0.150. The van der Waals surface area contributed by atoms with Crippen LogP contribution in [-0.4, -0.2) is 17.6 Å². The Morgan fingerprint density at radius 1 is 1.27 bits per heavy atom. The first kappa shape index (κ1) is 16.7. The summed E-state index contributed by atoms with van der Waals surface area (Å²) in [5, 5.41) is 4.05. The number of nitroso groups, excluding NO2 is 1. The van der Waals surface area contributed by atoms with Crippen molar-refractivity contribution in [3.63, 3.8) is 0 Å². The maximum Gasteiger partial charge on any atom is 0.340 e. The molecule has 0 amide bonds. The largest absolute Gasteiger partial charge is 0.462 e. The monoisotopic (exact) mass is 410 g/mol. The number of nitrogens with zero attached hydrogens (tertiary/aromatic N) is 1. The molecule has 1 aliphatic rings. The Balaban J connectivity index is 1.97. The molecule has 1 aromatic heterocycles. The summed E-state index contributed by atoms with van der Waals surface area (Å²) in [6.07, 6.45) is 0.531. The number of aromatic nitrogens is 1. The summed E-state index contributed by atoms with van der Waals surface area (Å²) < 4.78 is 6.14. The number of H-pyrrole nitrogens is 1. The van der Waals surface area contributed by atoms with E-state index in [0.717, 1.165) is 26.5 Å².